The molecule has 1 aliphatic rings. The van der Waals surface area contributed by atoms with Crippen molar-refractivity contribution in [3.05, 3.63) is 0 Å². The second-order valence-corrected chi connectivity index (χ2v) is 6.53. The van der Waals surface area contributed by atoms with Crippen molar-refractivity contribution in [3.8, 4) is 0 Å². The molecule has 0 unspecified atom stereocenters. The number of nitrogens with zero attached hydrogens (tertiary/aromatic N) is 1. The standard InChI is InChI=1S/C9H19NO3S/c1-4-9(11)6-10(7-9)14(12,13)5-8(2)3/h8,11H,4-7H2,1-3H3. The molecule has 0 amide bonds. The van der Waals surface area contributed by atoms with Crippen LogP contribution in [0.5, 0.6) is 0 Å². The minimum atomic E-state index is -3.13. The predicted octanol–water partition coefficient (Wildman–Crippen LogP) is 0.429. The number of sulfonamides is 1. The van der Waals surface area contributed by atoms with E-state index in [1.165, 1.54) is 4.31 Å². The van der Waals surface area contributed by atoms with Crippen molar-refractivity contribution in [2.45, 2.75) is 32.8 Å². The molecular weight excluding hydrogens is 202 g/mol. The van der Waals surface area contributed by atoms with Gasteiger partial charge in [-0.3, -0.25) is 0 Å². The van der Waals surface area contributed by atoms with Crippen LogP contribution in [0.25, 0.3) is 0 Å². The molecule has 0 bridgehead atoms. The fraction of sp³-hybridized carbons (Fsp3) is 1.00. The van der Waals surface area contributed by atoms with Gasteiger partial charge in [0.25, 0.3) is 0 Å². The van der Waals surface area contributed by atoms with E-state index >= 15 is 0 Å². The zero-order valence-electron chi connectivity index (χ0n) is 9.02. The van der Waals surface area contributed by atoms with E-state index in [1.54, 1.807) is 0 Å². The minimum absolute atomic E-state index is 0.135. The highest BCUT2D eigenvalue weighted by Gasteiger charge is 2.45. The van der Waals surface area contributed by atoms with Crippen molar-refractivity contribution >= 4 is 10.0 Å². The molecule has 4 nitrogen and oxygen atoms in total. The highest BCUT2D eigenvalue weighted by Crippen LogP contribution is 2.27. The molecule has 14 heavy (non-hydrogen) atoms. The molecule has 0 saturated carbocycles. The zero-order valence-corrected chi connectivity index (χ0v) is 9.84. The van der Waals surface area contributed by atoms with Crippen LogP contribution in [0.2, 0.25) is 0 Å². The predicted molar refractivity (Wildman–Crippen MR) is 55.4 cm³/mol. The lowest BCUT2D eigenvalue weighted by atomic mass is 9.94. The van der Waals surface area contributed by atoms with Crippen LogP contribution in [0.4, 0.5) is 0 Å². The van der Waals surface area contributed by atoms with E-state index in [1.807, 2.05) is 20.8 Å². The minimum Gasteiger partial charge on any atom is -0.387 e. The summed E-state index contributed by atoms with van der Waals surface area (Å²) >= 11 is 0. The molecule has 0 aromatic carbocycles. The molecule has 5 heteroatoms. The quantitative estimate of drug-likeness (QED) is 0.749. The first-order chi connectivity index (χ1) is 6.29. The summed E-state index contributed by atoms with van der Waals surface area (Å²) in [5.74, 6) is 0.308. The van der Waals surface area contributed by atoms with Gasteiger partial charge in [0.2, 0.25) is 10.0 Å². The zero-order chi connectivity index (χ0) is 11.0. The van der Waals surface area contributed by atoms with Gasteiger partial charge < -0.3 is 5.11 Å². The van der Waals surface area contributed by atoms with Crippen molar-refractivity contribution < 1.29 is 13.5 Å². The normalized spacial score (nSPS) is 22.4. The summed E-state index contributed by atoms with van der Waals surface area (Å²) in [4.78, 5) is 0. The summed E-state index contributed by atoms with van der Waals surface area (Å²) in [6.45, 7) is 6.15. The Hall–Kier alpha value is -0.130. The molecule has 0 spiro atoms. The largest absolute Gasteiger partial charge is 0.387 e. The van der Waals surface area contributed by atoms with Crippen molar-refractivity contribution in [2.24, 2.45) is 5.92 Å². The fourth-order valence-corrected chi connectivity index (χ4v) is 3.48. The van der Waals surface area contributed by atoms with Gasteiger partial charge in [-0.05, 0) is 12.3 Å². The number of β-amino-alcohol motifs (C(OH)–C–C–N with tert-alkyl or cyclic N) is 1. The van der Waals surface area contributed by atoms with Gasteiger partial charge in [-0.25, -0.2) is 8.42 Å². The number of hydrogen-bond donors (Lipinski definition) is 1. The molecule has 84 valence electrons. The average molecular weight is 221 g/mol. The number of aliphatic hydroxyl groups is 1. The van der Waals surface area contributed by atoms with Crippen LogP contribution >= 0.6 is 0 Å². The number of hydrogen-bond acceptors (Lipinski definition) is 3. The molecule has 0 radical (unpaired) electrons. The van der Waals surface area contributed by atoms with Crippen molar-refractivity contribution in [1.29, 1.82) is 0 Å². The second-order valence-electron chi connectivity index (χ2n) is 4.52. The molecule has 1 heterocycles. The van der Waals surface area contributed by atoms with Crippen LogP contribution in [-0.2, 0) is 10.0 Å². The summed E-state index contributed by atoms with van der Waals surface area (Å²) in [7, 11) is -3.13. The van der Waals surface area contributed by atoms with E-state index in [4.69, 9.17) is 0 Å². The highest BCUT2D eigenvalue weighted by atomic mass is 32.2. The topological polar surface area (TPSA) is 57.6 Å². The Labute approximate surface area is 86.0 Å². The Kier molecular flexibility index (Phi) is 3.23. The summed E-state index contributed by atoms with van der Waals surface area (Å²) in [6, 6.07) is 0. The van der Waals surface area contributed by atoms with Gasteiger partial charge in [-0.2, -0.15) is 4.31 Å². The molecular formula is C9H19NO3S. The third kappa shape index (κ3) is 2.46. The maximum Gasteiger partial charge on any atom is 0.214 e. The van der Waals surface area contributed by atoms with Crippen LogP contribution in [0.1, 0.15) is 27.2 Å². The van der Waals surface area contributed by atoms with Gasteiger partial charge in [0.05, 0.1) is 11.4 Å². The van der Waals surface area contributed by atoms with Gasteiger partial charge in [0.1, 0.15) is 0 Å². The summed E-state index contributed by atoms with van der Waals surface area (Å²) < 4.78 is 24.7. The lowest BCUT2D eigenvalue weighted by Gasteiger charge is -2.45. The summed E-state index contributed by atoms with van der Waals surface area (Å²) in [5.41, 5.74) is -0.774. The van der Waals surface area contributed by atoms with Gasteiger partial charge in [-0.1, -0.05) is 20.8 Å². The molecule has 0 aliphatic carbocycles. The smallest absolute Gasteiger partial charge is 0.214 e. The van der Waals surface area contributed by atoms with E-state index < -0.39 is 15.6 Å². The molecule has 1 rings (SSSR count). The number of rotatable bonds is 4. The van der Waals surface area contributed by atoms with E-state index in [9.17, 15) is 13.5 Å². The molecule has 0 atom stereocenters. The SMILES string of the molecule is CCC1(O)CN(S(=O)(=O)CC(C)C)C1. The van der Waals surface area contributed by atoms with Crippen LogP contribution in [0.3, 0.4) is 0 Å². The summed E-state index contributed by atoms with van der Waals surface area (Å²) in [5, 5.41) is 9.68. The van der Waals surface area contributed by atoms with E-state index in [2.05, 4.69) is 0 Å². The average Bonchev–Trinajstić information content (AvgIpc) is 1.96. The maximum absolute atomic E-state index is 11.6. The Balaban J connectivity index is 2.54. The first kappa shape index (κ1) is 11.9. The lowest BCUT2D eigenvalue weighted by Crippen LogP contribution is -2.63. The lowest BCUT2D eigenvalue weighted by molar-refractivity contribution is -0.0614. The first-order valence-electron chi connectivity index (χ1n) is 4.99. The Bertz CT molecular complexity index is 291. The Morgan fingerprint density at radius 2 is 1.93 bits per heavy atom. The van der Waals surface area contributed by atoms with Gasteiger partial charge in [0.15, 0.2) is 0 Å². The maximum atomic E-state index is 11.6. The van der Waals surface area contributed by atoms with Crippen molar-refractivity contribution in [2.75, 3.05) is 18.8 Å². The van der Waals surface area contributed by atoms with Gasteiger partial charge >= 0.3 is 0 Å². The monoisotopic (exact) mass is 221 g/mol. The second kappa shape index (κ2) is 3.79. The fourth-order valence-electron chi connectivity index (χ4n) is 1.56. The third-order valence-corrected chi connectivity index (χ3v) is 4.67. The Morgan fingerprint density at radius 1 is 1.43 bits per heavy atom. The van der Waals surface area contributed by atoms with Crippen LogP contribution < -0.4 is 0 Å². The van der Waals surface area contributed by atoms with E-state index in [0.29, 0.717) is 6.42 Å². The molecule has 0 aromatic rings. The van der Waals surface area contributed by atoms with Crippen LogP contribution in [-0.4, -0.2) is 42.3 Å². The highest BCUT2D eigenvalue weighted by molar-refractivity contribution is 7.89. The molecule has 0 aromatic heterocycles. The van der Waals surface area contributed by atoms with Gasteiger partial charge in [-0.15, -0.1) is 0 Å². The third-order valence-electron chi connectivity index (χ3n) is 2.54. The van der Waals surface area contributed by atoms with Crippen LogP contribution in [0, 0.1) is 5.92 Å². The molecule has 1 aliphatic heterocycles. The van der Waals surface area contributed by atoms with E-state index in [-0.39, 0.29) is 24.8 Å². The van der Waals surface area contributed by atoms with Crippen molar-refractivity contribution in [1.82, 2.24) is 4.31 Å². The molecule has 1 saturated heterocycles. The van der Waals surface area contributed by atoms with Crippen molar-refractivity contribution in [3.63, 3.8) is 0 Å². The molecule has 1 N–H and O–H groups in total. The molecule has 1 fully saturated rings. The van der Waals surface area contributed by atoms with E-state index in [0.717, 1.165) is 0 Å². The Morgan fingerprint density at radius 3 is 2.29 bits per heavy atom. The van der Waals surface area contributed by atoms with Gasteiger partial charge in [0, 0.05) is 13.1 Å². The van der Waals surface area contributed by atoms with Crippen LogP contribution in [0.15, 0.2) is 0 Å². The first-order valence-corrected chi connectivity index (χ1v) is 6.60. The summed E-state index contributed by atoms with van der Waals surface area (Å²) in [6.07, 6.45) is 0.612.